The number of hydrogen-bond acceptors (Lipinski definition) is 12. The van der Waals surface area contributed by atoms with Crippen molar-refractivity contribution in [1.82, 2.24) is 24.8 Å². The molecule has 18 heteroatoms. The number of H-pyrrole nitrogens is 2. The molecule has 7 atom stereocenters. The molecule has 0 saturated carbocycles. The third-order valence-corrected chi connectivity index (χ3v) is 6.41. The molecule has 0 spiro atoms. The molecule has 0 radical (unpaired) electrons. The highest BCUT2D eigenvalue weighted by Gasteiger charge is 2.43. The first-order chi connectivity index (χ1) is 16.1. The third-order valence-electron chi connectivity index (χ3n) is 5.39. The highest BCUT2D eigenvalue weighted by molar-refractivity contribution is 7.47. The molecule has 4 heterocycles. The van der Waals surface area contributed by atoms with Gasteiger partial charge in [-0.25, -0.2) is 13.9 Å². The van der Waals surface area contributed by atoms with Gasteiger partial charge in [0.1, 0.15) is 30.8 Å². The zero-order chi connectivity index (χ0) is 24.6. The van der Waals surface area contributed by atoms with Gasteiger partial charge in [0, 0.05) is 12.8 Å². The van der Waals surface area contributed by atoms with Crippen molar-refractivity contribution in [2.45, 2.75) is 49.7 Å². The van der Waals surface area contributed by atoms with Crippen molar-refractivity contribution in [2.24, 2.45) is 0 Å². The maximum Gasteiger partial charge on any atom is 0.472 e. The highest BCUT2D eigenvalue weighted by atomic mass is 31.2. The van der Waals surface area contributed by atoms with Gasteiger partial charge in [-0.3, -0.25) is 28.6 Å². The van der Waals surface area contributed by atoms with Gasteiger partial charge < -0.3 is 35.6 Å². The van der Waals surface area contributed by atoms with Crippen LogP contribution in [0.15, 0.2) is 9.59 Å². The fraction of sp³-hybridized carbons (Fsp3) is 0.625. The van der Waals surface area contributed by atoms with Gasteiger partial charge in [0.2, 0.25) is 12.4 Å². The van der Waals surface area contributed by atoms with E-state index in [1.807, 2.05) is 0 Å². The third kappa shape index (κ3) is 4.91. The van der Waals surface area contributed by atoms with Crippen molar-refractivity contribution in [1.29, 1.82) is 0 Å². The standard InChI is InChI=1S/C16H23N6O11P/c17-15-20-13-12(14(26)21-15)19-16(27)22(13)11-2-7(8(3-23)32-11)33-34(28,29)30-4-9-6(25)1-10(31-9)18-5-24/h5-11,23,25H,1-4H2,(H,18,24)(H,19,27)(H,28,29)(H3,17,20,21,26)/t6-,7-,8+,9+,10+,11+/m0/s1. The van der Waals surface area contributed by atoms with Crippen LogP contribution in [0.3, 0.4) is 0 Å². The molecule has 0 aliphatic carbocycles. The lowest BCUT2D eigenvalue weighted by Crippen LogP contribution is -2.30. The molecule has 8 N–H and O–H groups in total. The molecule has 34 heavy (non-hydrogen) atoms. The number of carbonyl (C=O) groups excluding carboxylic acids is 1. The Labute approximate surface area is 189 Å². The second-order valence-electron chi connectivity index (χ2n) is 7.66. The van der Waals surface area contributed by atoms with Crippen molar-refractivity contribution >= 4 is 31.3 Å². The van der Waals surface area contributed by atoms with Gasteiger partial charge in [0.05, 0.1) is 19.3 Å². The van der Waals surface area contributed by atoms with Crippen LogP contribution in [0.1, 0.15) is 19.1 Å². The Morgan fingerprint density at radius 2 is 2.06 bits per heavy atom. The molecule has 2 fully saturated rings. The van der Waals surface area contributed by atoms with E-state index in [0.717, 1.165) is 4.57 Å². The summed E-state index contributed by atoms with van der Waals surface area (Å²) in [5.41, 5.74) is 3.85. The van der Waals surface area contributed by atoms with E-state index in [9.17, 15) is 34.1 Å². The molecule has 0 aromatic carbocycles. The van der Waals surface area contributed by atoms with Gasteiger partial charge in [-0.15, -0.1) is 0 Å². The topological polar surface area (TPSA) is 253 Å². The fourth-order valence-electron chi connectivity index (χ4n) is 3.86. The summed E-state index contributed by atoms with van der Waals surface area (Å²) in [5, 5.41) is 21.9. The molecule has 1 amide bonds. The van der Waals surface area contributed by atoms with Gasteiger partial charge in [-0.05, 0) is 0 Å². The minimum Gasteiger partial charge on any atom is -0.394 e. The Balaban J connectivity index is 1.45. The Hall–Kier alpha value is -2.63. The summed E-state index contributed by atoms with van der Waals surface area (Å²) >= 11 is 0. The van der Waals surface area contributed by atoms with E-state index in [0.29, 0.717) is 6.41 Å². The van der Waals surface area contributed by atoms with Crippen molar-refractivity contribution < 1.29 is 43.0 Å². The zero-order valence-corrected chi connectivity index (χ0v) is 18.3. The lowest BCUT2D eigenvalue weighted by Gasteiger charge is -2.21. The Morgan fingerprint density at radius 3 is 2.76 bits per heavy atom. The molecule has 4 rings (SSSR count). The van der Waals surface area contributed by atoms with Crippen LogP contribution in [-0.4, -0.2) is 84.9 Å². The molecular weight excluding hydrogens is 483 g/mol. The SMILES string of the molecule is Nc1nc2c([nH]c(=O)n2[C@H]2C[C@H](OP(=O)(O)OC[C@H]3O[C@@H](NC=O)C[C@@H]3O)[C@@H](CO)O2)c(=O)[nH]1. The first-order valence-electron chi connectivity index (χ1n) is 10.1. The number of nitrogens with one attached hydrogen (secondary N) is 3. The number of rotatable bonds is 9. The Morgan fingerprint density at radius 1 is 1.29 bits per heavy atom. The highest BCUT2D eigenvalue weighted by Crippen LogP contribution is 2.48. The molecular formula is C16H23N6O11P. The summed E-state index contributed by atoms with van der Waals surface area (Å²) in [5.74, 6) is -0.245. The van der Waals surface area contributed by atoms with Crippen molar-refractivity contribution in [2.75, 3.05) is 18.9 Å². The molecule has 0 bridgehead atoms. The minimum absolute atomic E-state index is 0.0643. The quantitative estimate of drug-likeness (QED) is 0.132. The average molecular weight is 506 g/mol. The number of ether oxygens (including phenoxy) is 2. The number of fused-ring (bicyclic) bond motifs is 1. The Kier molecular flexibility index (Phi) is 6.88. The molecule has 2 aromatic heterocycles. The summed E-state index contributed by atoms with van der Waals surface area (Å²) in [7, 11) is -4.74. The van der Waals surface area contributed by atoms with E-state index in [4.69, 9.17) is 24.3 Å². The average Bonchev–Trinajstić information content (AvgIpc) is 3.41. The number of imidazole rings is 1. The second-order valence-corrected chi connectivity index (χ2v) is 9.06. The largest absolute Gasteiger partial charge is 0.472 e. The van der Waals surface area contributed by atoms with Crippen LogP contribution in [0.4, 0.5) is 5.95 Å². The van der Waals surface area contributed by atoms with Gasteiger partial charge in [-0.2, -0.15) is 4.98 Å². The summed E-state index contributed by atoms with van der Waals surface area (Å²) in [6.45, 7) is -1.15. The zero-order valence-electron chi connectivity index (χ0n) is 17.4. The predicted molar refractivity (Wildman–Crippen MR) is 110 cm³/mol. The number of carbonyl (C=O) groups is 1. The monoisotopic (exact) mass is 506 g/mol. The van der Waals surface area contributed by atoms with Gasteiger partial charge in [0.15, 0.2) is 11.2 Å². The van der Waals surface area contributed by atoms with Crippen LogP contribution < -0.4 is 22.3 Å². The summed E-state index contributed by atoms with van der Waals surface area (Å²) in [6.07, 6.45) is -5.99. The number of phosphoric ester groups is 1. The second kappa shape index (κ2) is 9.55. The predicted octanol–water partition coefficient (Wildman–Crippen LogP) is -3.00. The van der Waals surface area contributed by atoms with E-state index in [1.54, 1.807) is 0 Å². The van der Waals surface area contributed by atoms with Crippen molar-refractivity contribution in [3.05, 3.63) is 20.8 Å². The van der Waals surface area contributed by atoms with Crippen LogP contribution >= 0.6 is 7.82 Å². The number of nitrogens with zero attached hydrogens (tertiary/aromatic N) is 2. The molecule has 2 aromatic rings. The van der Waals surface area contributed by atoms with Crippen molar-refractivity contribution in [3.63, 3.8) is 0 Å². The maximum absolute atomic E-state index is 12.5. The Bertz CT molecular complexity index is 1210. The number of amides is 1. The van der Waals surface area contributed by atoms with Crippen LogP contribution in [0.5, 0.6) is 0 Å². The van der Waals surface area contributed by atoms with Gasteiger partial charge in [-0.1, -0.05) is 0 Å². The normalized spacial score (nSPS) is 31.0. The van der Waals surface area contributed by atoms with Crippen LogP contribution in [0.2, 0.25) is 0 Å². The maximum atomic E-state index is 12.5. The lowest BCUT2D eigenvalue weighted by molar-refractivity contribution is -0.114. The number of anilines is 1. The molecule has 188 valence electrons. The van der Waals surface area contributed by atoms with Crippen LogP contribution in [0, 0.1) is 0 Å². The molecule has 17 nitrogen and oxygen atoms in total. The summed E-state index contributed by atoms with van der Waals surface area (Å²) < 4.78 is 34.4. The van der Waals surface area contributed by atoms with Crippen molar-refractivity contribution in [3.8, 4) is 0 Å². The smallest absolute Gasteiger partial charge is 0.394 e. The molecule has 1 unspecified atom stereocenters. The number of nitrogen functional groups attached to an aromatic ring is 1. The molecule has 2 aliphatic heterocycles. The van der Waals surface area contributed by atoms with E-state index < -0.39 is 69.2 Å². The summed E-state index contributed by atoms with van der Waals surface area (Å²) in [4.78, 5) is 53.6. The minimum atomic E-state index is -4.74. The lowest BCUT2D eigenvalue weighted by atomic mass is 10.2. The number of aromatic amines is 2. The van der Waals surface area contributed by atoms with E-state index in [-0.39, 0.29) is 30.0 Å². The fourth-order valence-corrected chi connectivity index (χ4v) is 4.82. The van der Waals surface area contributed by atoms with E-state index >= 15 is 0 Å². The number of nitrogens with two attached hydrogens (primary N) is 1. The summed E-state index contributed by atoms with van der Waals surface area (Å²) in [6, 6.07) is 0. The molecule has 2 saturated heterocycles. The number of phosphoric acid groups is 1. The first kappa shape index (κ1) is 24.5. The number of hydrogen-bond donors (Lipinski definition) is 7. The number of aromatic nitrogens is 4. The van der Waals surface area contributed by atoms with E-state index in [2.05, 4.69) is 20.3 Å². The molecule has 2 aliphatic rings. The van der Waals surface area contributed by atoms with Crippen LogP contribution in [-0.2, 0) is 27.9 Å². The number of aliphatic hydroxyl groups is 2. The first-order valence-corrected chi connectivity index (χ1v) is 11.6. The van der Waals surface area contributed by atoms with Gasteiger partial charge in [0.25, 0.3) is 5.56 Å². The van der Waals surface area contributed by atoms with Gasteiger partial charge >= 0.3 is 13.5 Å². The van der Waals surface area contributed by atoms with Crippen LogP contribution in [0.25, 0.3) is 11.2 Å². The van der Waals surface area contributed by atoms with E-state index in [1.165, 1.54) is 0 Å². The number of aliphatic hydroxyl groups excluding tert-OH is 2.